The van der Waals surface area contributed by atoms with Crippen LogP contribution in [0.5, 0.6) is 0 Å². The van der Waals surface area contributed by atoms with Crippen LogP contribution in [0.1, 0.15) is 40.2 Å². The third kappa shape index (κ3) is 5.51. The van der Waals surface area contributed by atoms with E-state index in [4.69, 9.17) is 4.43 Å². The Bertz CT molecular complexity index is 546. The fourth-order valence-corrected chi connectivity index (χ4v) is 4.05. The normalized spacial score (nSPS) is 18.9. The average Bonchev–Trinajstić information content (AvgIpc) is 2.51. The van der Waals surface area contributed by atoms with E-state index < -0.39 is 26.1 Å². The highest BCUT2D eigenvalue weighted by Gasteiger charge is 2.47. The highest BCUT2D eigenvalue weighted by molar-refractivity contribution is 6.74. The SMILES string of the molecule is C=C[C@@H](C)[C@@H](O[Si](C)(C)C(C)(C)C)C(C)(O)C(O)Cc1ccccc1. The summed E-state index contributed by atoms with van der Waals surface area (Å²) in [4.78, 5) is 0. The zero-order valence-electron chi connectivity index (χ0n) is 16.9. The van der Waals surface area contributed by atoms with Crippen LogP contribution in [0.25, 0.3) is 0 Å². The van der Waals surface area contributed by atoms with Crippen molar-refractivity contribution in [3.8, 4) is 0 Å². The van der Waals surface area contributed by atoms with Crippen LogP contribution < -0.4 is 0 Å². The van der Waals surface area contributed by atoms with Gasteiger partial charge in [0, 0.05) is 12.3 Å². The molecule has 2 N–H and O–H groups in total. The molecule has 1 aromatic carbocycles. The van der Waals surface area contributed by atoms with E-state index in [1.54, 1.807) is 13.0 Å². The van der Waals surface area contributed by atoms with Gasteiger partial charge >= 0.3 is 0 Å². The molecule has 0 spiro atoms. The van der Waals surface area contributed by atoms with Crippen molar-refractivity contribution in [3.63, 3.8) is 0 Å². The maximum atomic E-state index is 11.2. The molecule has 0 aliphatic rings. The second-order valence-electron chi connectivity index (χ2n) is 8.82. The molecule has 0 heterocycles. The Morgan fingerprint density at radius 2 is 1.68 bits per heavy atom. The lowest BCUT2D eigenvalue weighted by Crippen LogP contribution is -2.58. The molecule has 0 aliphatic carbocycles. The monoisotopic (exact) mass is 364 g/mol. The van der Waals surface area contributed by atoms with Gasteiger partial charge in [-0.05, 0) is 30.6 Å². The predicted molar refractivity (Wildman–Crippen MR) is 108 cm³/mol. The van der Waals surface area contributed by atoms with Crippen molar-refractivity contribution in [2.45, 2.75) is 77.0 Å². The summed E-state index contributed by atoms with van der Waals surface area (Å²) in [5.41, 5.74) is -0.383. The standard InChI is InChI=1S/C21H36O3Si/c1-9-16(2)19(24-25(7,8)20(3,4)5)21(6,23)18(22)15-17-13-11-10-12-14-17/h9-14,16,18-19,22-23H,1,15H2,2-8H3/t16-,18?,19-,21?/m1/s1. The lowest BCUT2D eigenvalue weighted by Gasteiger charge is -2.46. The van der Waals surface area contributed by atoms with E-state index in [0.29, 0.717) is 6.42 Å². The minimum Gasteiger partial charge on any atom is -0.410 e. The summed E-state index contributed by atoms with van der Waals surface area (Å²) < 4.78 is 6.54. The fraction of sp³-hybridized carbons (Fsp3) is 0.619. The number of rotatable bonds is 8. The molecular formula is C21H36O3Si. The summed E-state index contributed by atoms with van der Waals surface area (Å²) in [7, 11) is -2.11. The highest BCUT2D eigenvalue weighted by atomic mass is 28.4. The van der Waals surface area contributed by atoms with Gasteiger partial charge in [-0.25, -0.2) is 0 Å². The van der Waals surface area contributed by atoms with Crippen molar-refractivity contribution in [3.05, 3.63) is 48.6 Å². The second-order valence-corrected chi connectivity index (χ2v) is 13.6. The van der Waals surface area contributed by atoms with Gasteiger partial charge in [0.25, 0.3) is 0 Å². The lowest BCUT2D eigenvalue weighted by atomic mass is 9.82. The van der Waals surface area contributed by atoms with E-state index in [1.807, 2.05) is 37.3 Å². The molecule has 25 heavy (non-hydrogen) atoms. The van der Waals surface area contributed by atoms with Gasteiger partial charge < -0.3 is 14.6 Å². The molecule has 2 unspecified atom stereocenters. The second kappa shape index (κ2) is 8.17. The first-order valence-electron chi connectivity index (χ1n) is 9.07. The van der Waals surface area contributed by atoms with Gasteiger partial charge in [-0.3, -0.25) is 0 Å². The Morgan fingerprint density at radius 3 is 2.12 bits per heavy atom. The summed E-state index contributed by atoms with van der Waals surface area (Å²) in [6.07, 6.45) is 0.744. The van der Waals surface area contributed by atoms with Gasteiger partial charge in [0.2, 0.25) is 0 Å². The zero-order chi connectivity index (χ0) is 19.5. The van der Waals surface area contributed by atoms with E-state index >= 15 is 0 Å². The maximum absolute atomic E-state index is 11.2. The van der Waals surface area contributed by atoms with E-state index in [2.05, 4.69) is 40.4 Å². The third-order valence-corrected chi connectivity index (χ3v) is 10.1. The van der Waals surface area contributed by atoms with E-state index in [1.165, 1.54) is 0 Å². The van der Waals surface area contributed by atoms with E-state index in [-0.39, 0.29) is 11.0 Å². The van der Waals surface area contributed by atoms with Crippen molar-refractivity contribution < 1.29 is 14.6 Å². The lowest BCUT2D eigenvalue weighted by molar-refractivity contribution is -0.138. The van der Waals surface area contributed by atoms with Crippen molar-refractivity contribution in [2.24, 2.45) is 5.92 Å². The number of benzene rings is 1. The molecule has 0 saturated carbocycles. The zero-order valence-corrected chi connectivity index (χ0v) is 17.9. The molecule has 0 fully saturated rings. The van der Waals surface area contributed by atoms with Crippen LogP contribution in [0.4, 0.5) is 0 Å². The largest absolute Gasteiger partial charge is 0.410 e. The van der Waals surface area contributed by atoms with Gasteiger partial charge in [-0.1, -0.05) is 64.1 Å². The maximum Gasteiger partial charge on any atom is 0.192 e. The van der Waals surface area contributed by atoms with Crippen molar-refractivity contribution >= 4 is 8.32 Å². The number of hydrogen-bond donors (Lipinski definition) is 2. The first-order chi connectivity index (χ1) is 11.3. The van der Waals surface area contributed by atoms with Gasteiger partial charge in [0.15, 0.2) is 8.32 Å². The van der Waals surface area contributed by atoms with Gasteiger partial charge in [0.1, 0.15) is 5.60 Å². The Hall–Kier alpha value is -0.943. The molecule has 0 amide bonds. The van der Waals surface area contributed by atoms with Crippen LogP contribution in [-0.2, 0) is 10.8 Å². The molecule has 4 heteroatoms. The fourth-order valence-electron chi connectivity index (χ4n) is 2.61. The molecular weight excluding hydrogens is 328 g/mol. The molecule has 1 rings (SSSR count). The first kappa shape index (κ1) is 22.1. The van der Waals surface area contributed by atoms with Crippen LogP contribution in [-0.4, -0.2) is 36.3 Å². The third-order valence-electron chi connectivity index (χ3n) is 5.60. The quantitative estimate of drug-likeness (QED) is 0.525. The van der Waals surface area contributed by atoms with Gasteiger partial charge in [0.05, 0.1) is 12.2 Å². The van der Waals surface area contributed by atoms with Crippen LogP contribution in [0.3, 0.4) is 0 Å². The molecule has 142 valence electrons. The topological polar surface area (TPSA) is 49.7 Å². The molecule has 0 aliphatic heterocycles. The number of hydrogen-bond acceptors (Lipinski definition) is 3. The molecule has 3 nitrogen and oxygen atoms in total. The van der Waals surface area contributed by atoms with Crippen LogP contribution in [0.15, 0.2) is 43.0 Å². The van der Waals surface area contributed by atoms with Gasteiger partial charge in [-0.2, -0.15) is 0 Å². The highest BCUT2D eigenvalue weighted by Crippen LogP contribution is 2.40. The van der Waals surface area contributed by atoms with Crippen molar-refractivity contribution in [1.29, 1.82) is 0 Å². The Kier molecular flexibility index (Phi) is 7.22. The summed E-state index contributed by atoms with van der Waals surface area (Å²) in [6, 6.07) is 9.73. The van der Waals surface area contributed by atoms with E-state index in [9.17, 15) is 10.2 Å². The van der Waals surface area contributed by atoms with Crippen LogP contribution >= 0.6 is 0 Å². The number of aliphatic hydroxyl groups excluding tert-OH is 1. The molecule has 0 bridgehead atoms. The van der Waals surface area contributed by atoms with E-state index in [0.717, 1.165) is 5.56 Å². The van der Waals surface area contributed by atoms with Crippen LogP contribution in [0.2, 0.25) is 18.1 Å². The summed E-state index contributed by atoms with van der Waals surface area (Å²) in [5.74, 6) is -0.0745. The van der Waals surface area contributed by atoms with Crippen LogP contribution in [0, 0.1) is 5.92 Å². The predicted octanol–water partition coefficient (Wildman–Crippen LogP) is 4.55. The Balaban J connectivity index is 3.09. The average molecular weight is 365 g/mol. The summed E-state index contributed by atoms with van der Waals surface area (Å²) >= 11 is 0. The Morgan fingerprint density at radius 1 is 1.16 bits per heavy atom. The molecule has 1 aromatic rings. The summed E-state index contributed by atoms with van der Waals surface area (Å²) in [6.45, 7) is 18.4. The van der Waals surface area contributed by atoms with Crippen molar-refractivity contribution in [2.75, 3.05) is 0 Å². The molecule has 4 atom stereocenters. The number of aliphatic hydroxyl groups is 2. The Labute approximate surface area is 154 Å². The minimum absolute atomic E-state index is 0.0204. The smallest absolute Gasteiger partial charge is 0.192 e. The van der Waals surface area contributed by atoms with Crippen molar-refractivity contribution in [1.82, 2.24) is 0 Å². The molecule has 0 radical (unpaired) electrons. The molecule has 0 aromatic heterocycles. The van der Waals surface area contributed by atoms with Gasteiger partial charge in [-0.15, -0.1) is 6.58 Å². The first-order valence-corrected chi connectivity index (χ1v) is 12.0. The minimum atomic E-state index is -2.11. The summed E-state index contributed by atoms with van der Waals surface area (Å²) in [5, 5.41) is 22.1. The molecule has 0 saturated heterocycles.